The highest BCUT2D eigenvalue weighted by Crippen LogP contribution is 2.17. The maximum atomic E-state index is 13.1. The first-order valence-electron chi connectivity index (χ1n) is 5.92. The zero-order valence-corrected chi connectivity index (χ0v) is 10.3. The van der Waals surface area contributed by atoms with Crippen LogP contribution in [0.5, 0.6) is 0 Å². The van der Waals surface area contributed by atoms with Gasteiger partial charge in [-0.25, -0.2) is 4.39 Å². The number of likely N-dealkylation sites (N-methyl/N-ethyl adjacent to an activating group) is 2. The van der Waals surface area contributed by atoms with Crippen LogP contribution in [-0.2, 0) is 0 Å². The van der Waals surface area contributed by atoms with Crippen LogP contribution in [0.2, 0.25) is 0 Å². The van der Waals surface area contributed by atoms with Crippen LogP contribution in [-0.4, -0.2) is 25.7 Å². The van der Waals surface area contributed by atoms with Gasteiger partial charge < -0.3 is 10.2 Å². The Morgan fingerprint density at radius 2 is 2.12 bits per heavy atom. The van der Waals surface area contributed by atoms with Gasteiger partial charge in [0.15, 0.2) is 0 Å². The molecule has 1 aromatic carbocycles. The molecular formula is C13H21FN2. The quantitative estimate of drug-likeness (QED) is 0.799. The predicted molar refractivity (Wildman–Crippen MR) is 67.4 cm³/mol. The highest BCUT2D eigenvalue weighted by atomic mass is 19.1. The molecule has 0 saturated heterocycles. The second kappa shape index (κ2) is 6.48. The number of hydrogen-bond acceptors (Lipinski definition) is 2. The third kappa shape index (κ3) is 3.49. The van der Waals surface area contributed by atoms with Crippen LogP contribution in [0.25, 0.3) is 0 Å². The van der Waals surface area contributed by atoms with Gasteiger partial charge in [0.25, 0.3) is 0 Å². The summed E-state index contributed by atoms with van der Waals surface area (Å²) in [6.45, 7) is 9.09. The van der Waals surface area contributed by atoms with E-state index in [1.165, 1.54) is 6.07 Å². The number of nitrogens with zero attached hydrogens (tertiary/aromatic N) is 1. The van der Waals surface area contributed by atoms with E-state index in [-0.39, 0.29) is 5.82 Å². The highest BCUT2D eigenvalue weighted by Gasteiger charge is 2.12. The first-order valence-corrected chi connectivity index (χ1v) is 5.92. The lowest BCUT2D eigenvalue weighted by Gasteiger charge is -2.30. The monoisotopic (exact) mass is 224 g/mol. The number of benzene rings is 1. The number of hydrogen-bond donors (Lipinski definition) is 1. The van der Waals surface area contributed by atoms with Gasteiger partial charge in [0.2, 0.25) is 0 Å². The molecule has 1 atom stereocenters. The van der Waals surface area contributed by atoms with E-state index in [4.69, 9.17) is 0 Å². The maximum absolute atomic E-state index is 13.1. The Morgan fingerprint density at radius 3 is 2.69 bits per heavy atom. The SMILES string of the molecule is CCNCC(C)N(CC)c1cccc(F)c1. The third-order valence-corrected chi connectivity index (χ3v) is 2.70. The van der Waals surface area contributed by atoms with Crippen molar-refractivity contribution in [2.45, 2.75) is 26.8 Å². The predicted octanol–water partition coefficient (Wildman–Crippen LogP) is 2.65. The van der Waals surface area contributed by atoms with Gasteiger partial charge >= 0.3 is 0 Å². The Morgan fingerprint density at radius 1 is 1.38 bits per heavy atom. The van der Waals surface area contributed by atoms with Gasteiger partial charge in [0, 0.05) is 24.8 Å². The van der Waals surface area contributed by atoms with E-state index in [1.807, 2.05) is 6.07 Å². The molecule has 0 fully saturated rings. The molecule has 2 nitrogen and oxygen atoms in total. The summed E-state index contributed by atoms with van der Waals surface area (Å²) in [4.78, 5) is 2.20. The van der Waals surface area contributed by atoms with Gasteiger partial charge in [-0.2, -0.15) is 0 Å². The van der Waals surface area contributed by atoms with E-state index < -0.39 is 0 Å². The molecular weight excluding hydrogens is 203 g/mol. The molecule has 1 N–H and O–H groups in total. The molecule has 1 unspecified atom stereocenters. The lowest BCUT2D eigenvalue weighted by Crippen LogP contribution is -2.40. The van der Waals surface area contributed by atoms with Crippen molar-refractivity contribution in [3.63, 3.8) is 0 Å². The molecule has 0 aliphatic heterocycles. The average Bonchev–Trinajstić information content (AvgIpc) is 2.27. The lowest BCUT2D eigenvalue weighted by molar-refractivity contribution is 0.577. The minimum absolute atomic E-state index is 0.174. The van der Waals surface area contributed by atoms with Gasteiger partial charge in [-0.15, -0.1) is 0 Å². The smallest absolute Gasteiger partial charge is 0.125 e. The Labute approximate surface area is 97.5 Å². The molecule has 1 aromatic rings. The fraction of sp³-hybridized carbons (Fsp3) is 0.538. The van der Waals surface area contributed by atoms with E-state index in [1.54, 1.807) is 12.1 Å². The average molecular weight is 224 g/mol. The zero-order chi connectivity index (χ0) is 12.0. The molecule has 0 saturated carbocycles. The summed E-state index contributed by atoms with van der Waals surface area (Å²) in [5.41, 5.74) is 0.952. The molecule has 90 valence electrons. The first kappa shape index (κ1) is 13.0. The van der Waals surface area contributed by atoms with Gasteiger partial charge in [-0.1, -0.05) is 13.0 Å². The van der Waals surface area contributed by atoms with E-state index >= 15 is 0 Å². The summed E-state index contributed by atoms with van der Waals surface area (Å²) in [6, 6.07) is 7.15. The van der Waals surface area contributed by atoms with Crippen LogP contribution >= 0.6 is 0 Å². The van der Waals surface area contributed by atoms with Gasteiger partial charge in [0.05, 0.1) is 0 Å². The largest absolute Gasteiger partial charge is 0.368 e. The maximum Gasteiger partial charge on any atom is 0.125 e. The molecule has 0 aliphatic carbocycles. The van der Waals surface area contributed by atoms with E-state index in [9.17, 15) is 4.39 Å². The molecule has 0 aliphatic rings. The van der Waals surface area contributed by atoms with E-state index in [0.29, 0.717) is 6.04 Å². The fourth-order valence-electron chi connectivity index (χ4n) is 1.87. The summed E-state index contributed by atoms with van der Waals surface area (Å²) < 4.78 is 13.1. The number of anilines is 1. The van der Waals surface area contributed by atoms with Crippen molar-refractivity contribution >= 4 is 5.69 Å². The molecule has 0 spiro atoms. The molecule has 0 bridgehead atoms. The summed E-state index contributed by atoms with van der Waals surface area (Å²) in [5.74, 6) is -0.174. The summed E-state index contributed by atoms with van der Waals surface area (Å²) in [7, 11) is 0. The van der Waals surface area contributed by atoms with Crippen LogP contribution in [0.4, 0.5) is 10.1 Å². The Kier molecular flexibility index (Phi) is 5.26. The van der Waals surface area contributed by atoms with Crippen LogP contribution in [0.1, 0.15) is 20.8 Å². The zero-order valence-electron chi connectivity index (χ0n) is 10.3. The van der Waals surface area contributed by atoms with Crippen molar-refractivity contribution in [2.24, 2.45) is 0 Å². The van der Waals surface area contributed by atoms with Crippen LogP contribution < -0.4 is 10.2 Å². The Bertz CT molecular complexity index is 315. The second-order valence-corrected chi connectivity index (χ2v) is 3.92. The van der Waals surface area contributed by atoms with Crippen LogP contribution in [0, 0.1) is 5.82 Å². The molecule has 0 heterocycles. The standard InChI is InChI=1S/C13H21FN2/c1-4-15-10-11(3)16(5-2)13-8-6-7-12(14)9-13/h6-9,11,15H,4-5,10H2,1-3H3. The first-order chi connectivity index (χ1) is 7.69. The molecule has 0 amide bonds. The Hall–Kier alpha value is -1.09. The van der Waals surface area contributed by atoms with Crippen molar-refractivity contribution in [1.29, 1.82) is 0 Å². The van der Waals surface area contributed by atoms with Crippen molar-refractivity contribution in [3.8, 4) is 0 Å². The van der Waals surface area contributed by atoms with Gasteiger partial charge in [-0.3, -0.25) is 0 Å². The normalized spacial score (nSPS) is 12.5. The third-order valence-electron chi connectivity index (χ3n) is 2.70. The Balaban J connectivity index is 2.73. The number of nitrogens with one attached hydrogen (secondary N) is 1. The molecule has 1 rings (SSSR count). The summed E-state index contributed by atoms with van der Waals surface area (Å²) in [6.07, 6.45) is 0. The molecule has 3 heteroatoms. The fourth-order valence-corrected chi connectivity index (χ4v) is 1.87. The van der Waals surface area contributed by atoms with Crippen molar-refractivity contribution in [1.82, 2.24) is 5.32 Å². The second-order valence-electron chi connectivity index (χ2n) is 3.92. The van der Waals surface area contributed by atoms with Gasteiger partial charge in [-0.05, 0) is 38.6 Å². The van der Waals surface area contributed by atoms with E-state index in [2.05, 4.69) is 31.0 Å². The van der Waals surface area contributed by atoms with Crippen LogP contribution in [0.15, 0.2) is 24.3 Å². The minimum atomic E-state index is -0.174. The van der Waals surface area contributed by atoms with Crippen LogP contribution in [0.3, 0.4) is 0 Å². The number of halogens is 1. The van der Waals surface area contributed by atoms with Gasteiger partial charge in [0.1, 0.15) is 5.82 Å². The lowest BCUT2D eigenvalue weighted by atomic mass is 10.2. The molecule has 16 heavy (non-hydrogen) atoms. The summed E-state index contributed by atoms with van der Waals surface area (Å²) in [5, 5.41) is 3.31. The molecule has 0 aromatic heterocycles. The number of rotatable bonds is 6. The van der Waals surface area contributed by atoms with E-state index in [0.717, 1.165) is 25.3 Å². The minimum Gasteiger partial charge on any atom is -0.368 e. The van der Waals surface area contributed by atoms with Crippen molar-refractivity contribution in [3.05, 3.63) is 30.1 Å². The summed E-state index contributed by atoms with van der Waals surface area (Å²) >= 11 is 0. The highest BCUT2D eigenvalue weighted by molar-refractivity contribution is 5.47. The van der Waals surface area contributed by atoms with Crippen molar-refractivity contribution < 1.29 is 4.39 Å². The topological polar surface area (TPSA) is 15.3 Å². The molecule has 0 radical (unpaired) electrons. The van der Waals surface area contributed by atoms with Crippen molar-refractivity contribution in [2.75, 3.05) is 24.5 Å².